The van der Waals surface area contributed by atoms with Crippen molar-refractivity contribution in [3.8, 4) is 0 Å². The highest BCUT2D eigenvalue weighted by Crippen LogP contribution is 2.17. The van der Waals surface area contributed by atoms with Gasteiger partial charge in [0.2, 0.25) is 0 Å². The number of aliphatic hydroxyl groups excluding tert-OH is 1. The summed E-state index contributed by atoms with van der Waals surface area (Å²) in [5.41, 5.74) is 5.58. The lowest BCUT2D eigenvalue weighted by molar-refractivity contribution is 0.205. The zero-order chi connectivity index (χ0) is 7.56. The van der Waals surface area contributed by atoms with Crippen molar-refractivity contribution >= 4 is 0 Å². The van der Waals surface area contributed by atoms with Gasteiger partial charge in [-0.15, -0.1) is 0 Å². The maximum Gasteiger partial charge on any atom is 0.0582 e. The summed E-state index contributed by atoms with van der Waals surface area (Å²) in [5.74, 6) is 0. The summed E-state index contributed by atoms with van der Waals surface area (Å²) in [4.78, 5) is 0. The van der Waals surface area contributed by atoms with Crippen molar-refractivity contribution < 1.29 is 5.11 Å². The minimum absolute atomic E-state index is 0.214. The van der Waals surface area contributed by atoms with E-state index in [1.807, 2.05) is 6.92 Å². The molecule has 0 aromatic heterocycles. The number of aliphatic hydroxyl groups is 1. The summed E-state index contributed by atoms with van der Waals surface area (Å²) in [5, 5.41) is 11.9. The molecule has 0 amide bonds. The van der Waals surface area contributed by atoms with E-state index >= 15 is 0 Å². The molecular weight excluding hydrogens is 128 g/mol. The number of nitrogens with one attached hydrogen (secondary N) is 1. The quantitative estimate of drug-likeness (QED) is 0.498. The van der Waals surface area contributed by atoms with Crippen molar-refractivity contribution in [1.29, 1.82) is 0 Å². The molecule has 0 aromatic carbocycles. The van der Waals surface area contributed by atoms with E-state index in [9.17, 15) is 0 Å². The first-order valence-corrected chi connectivity index (χ1v) is 3.85. The van der Waals surface area contributed by atoms with Gasteiger partial charge in [-0.3, -0.25) is 0 Å². The van der Waals surface area contributed by atoms with Crippen molar-refractivity contribution in [3.63, 3.8) is 0 Å². The molecule has 1 rings (SSSR count). The summed E-state index contributed by atoms with van der Waals surface area (Å²) in [7, 11) is 0. The van der Waals surface area contributed by atoms with Crippen LogP contribution in [-0.2, 0) is 0 Å². The molecule has 0 unspecified atom stereocenters. The Morgan fingerprint density at radius 1 is 1.70 bits per heavy atom. The molecule has 1 aliphatic carbocycles. The molecular formula is C7H16N2O. The van der Waals surface area contributed by atoms with E-state index in [4.69, 9.17) is 10.8 Å². The predicted octanol–water partition coefficient (Wildman–Crippen LogP) is -0.553. The Kier molecular flexibility index (Phi) is 2.65. The summed E-state index contributed by atoms with van der Waals surface area (Å²) in [6.45, 7) is 2.19. The maximum atomic E-state index is 8.68. The first kappa shape index (κ1) is 7.98. The summed E-state index contributed by atoms with van der Waals surface area (Å²) in [6, 6.07) is 1.16. The van der Waals surface area contributed by atoms with Crippen LogP contribution in [0.25, 0.3) is 0 Å². The van der Waals surface area contributed by atoms with Crippen LogP contribution in [0, 0.1) is 0 Å². The molecule has 1 atom stereocenters. The minimum Gasteiger partial charge on any atom is -0.395 e. The Labute approximate surface area is 61.6 Å². The fourth-order valence-corrected chi connectivity index (χ4v) is 1.25. The molecule has 0 aliphatic heterocycles. The molecule has 0 spiro atoms. The minimum atomic E-state index is 0.214. The molecule has 3 nitrogen and oxygen atoms in total. The molecule has 4 N–H and O–H groups in total. The van der Waals surface area contributed by atoms with Crippen LogP contribution < -0.4 is 11.1 Å². The SMILES string of the molecule is C[C@H](CO)NC1CC(N)C1. The second kappa shape index (κ2) is 3.32. The van der Waals surface area contributed by atoms with Crippen LogP contribution in [0.15, 0.2) is 0 Å². The van der Waals surface area contributed by atoms with Gasteiger partial charge in [-0.25, -0.2) is 0 Å². The average Bonchev–Trinajstić information content (AvgIpc) is 1.84. The number of hydrogen-bond acceptors (Lipinski definition) is 3. The largest absolute Gasteiger partial charge is 0.395 e. The highest BCUT2D eigenvalue weighted by Gasteiger charge is 2.26. The molecule has 0 aromatic rings. The van der Waals surface area contributed by atoms with Crippen LogP contribution >= 0.6 is 0 Å². The van der Waals surface area contributed by atoms with Crippen LogP contribution in [0.5, 0.6) is 0 Å². The van der Waals surface area contributed by atoms with Crippen LogP contribution in [0.3, 0.4) is 0 Å². The van der Waals surface area contributed by atoms with Gasteiger partial charge in [-0.2, -0.15) is 0 Å². The van der Waals surface area contributed by atoms with Crippen molar-refractivity contribution in [1.82, 2.24) is 5.32 Å². The van der Waals surface area contributed by atoms with E-state index in [0.717, 1.165) is 12.8 Å². The highest BCUT2D eigenvalue weighted by atomic mass is 16.3. The van der Waals surface area contributed by atoms with Gasteiger partial charge < -0.3 is 16.2 Å². The van der Waals surface area contributed by atoms with Gasteiger partial charge in [-0.1, -0.05) is 0 Å². The molecule has 60 valence electrons. The van der Waals surface area contributed by atoms with Crippen molar-refractivity contribution in [3.05, 3.63) is 0 Å². The maximum absolute atomic E-state index is 8.68. The van der Waals surface area contributed by atoms with Crippen LogP contribution in [0.1, 0.15) is 19.8 Å². The van der Waals surface area contributed by atoms with Crippen LogP contribution in [0.4, 0.5) is 0 Å². The first-order valence-electron chi connectivity index (χ1n) is 3.85. The van der Waals surface area contributed by atoms with E-state index in [-0.39, 0.29) is 12.6 Å². The van der Waals surface area contributed by atoms with Gasteiger partial charge in [0.05, 0.1) is 6.61 Å². The lowest BCUT2D eigenvalue weighted by Gasteiger charge is -2.34. The molecule has 1 saturated carbocycles. The zero-order valence-corrected chi connectivity index (χ0v) is 6.38. The third-order valence-electron chi connectivity index (χ3n) is 1.97. The molecule has 0 radical (unpaired) electrons. The molecule has 0 heterocycles. The first-order chi connectivity index (χ1) is 4.72. The van der Waals surface area contributed by atoms with Crippen molar-refractivity contribution in [2.24, 2.45) is 5.73 Å². The summed E-state index contributed by atoms with van der Waals surface area (Å²) in [6.07, 6.45) is 2.12. The van der Waals surface area contributed by atoms with Crippen LogP contribution in [0.2, 0.25) is 0 Å². The monoisotopic (exact) mass is 144 g/mol. The lowest BCUT2D eigenvalue weighted by Crippen LogP contribution is -2.51. The molecule has 0 saturated heterocycles. The zero-order valence-electron chi connectivity index (χ0n) is 6.38. The molecule has 1 fully saturated rings. The average molecular weight is 144 g/mol. The van der Waals surface area contributed by atoms with Gasteiger partial charge in [0.15, 0.2) is 0 Å². The number of nitrogens with two attached hydrogens (primary N) is 1. The Bertz CT molecular complexity index is 102. The van der Waals surface area contributed by atoms with E-state index in [1.165, 1.54) is 0 Å². The smallest absolute Gasteiger partial charge is 0.0582 e. The predicted molar refractivity (Wildman–Crippen MR) is 40.7 cm³/mol. The Morgan fingerprint density at radius 3 is 2.70 bits per heavy atom. The normalized spacial score (nSPS) is 35.1. The Hall–Kier alpha value is -0.120. The van der Waals surface area contributed by atoms with E-state index in [2.05, 4.69) is 5.32 Å². The highest BCUT2D eigenvalue weighted by molar-refractivity contribution is 4.88. The van der Waals surface area contributed by atoms with Crippen LogP contribution in [-0.4, -0.2) is 29.8 Å². The second-order valence-corrected chi connectivity index (χ2v) is 3.18. The summed E-state index contributed by atoms with van der Waals surface area (Å²) < 4.78 is 0. The van der Waals surface area contributed by atoms with Crippen molar-refractivity contribution in [2.45, 2.75) is 37.9 Å². The third-order valence-corrected chi connectivity index (χ3v) is 1.97. The topological polar surface area (TPSA) is 58.3 Å². The fourth-order valence-electron chi connectivity index (χ4n) is 1.25. The van der Waals surface area contributed by atoms with Gasteiger partial charge in [0.25, 0.3) is 0 Å². The fraction of sp³-hybridized carbons (Fsp3) is 1.00. The standard InChI is InChI=1S/C7H16N2O/c1-5(4-10)9-7-2-6(8)3-7/h5-7,9-10H,2-4,8H2,1H3/t5-,6?,7?/m1/s1. The Morgan fingerprint density at radius 2 is 2.30 bits per heavy atom. The molecule has 10 heavy (non-hydrogen) atoms. The molecule has 3 heteroatoms. The van der Waals surface area contributed by atoms with Gasteiger partial charge in [0.1, 0.15) is 0 Å². The van der Waals surface area contributed by atoms with Gasteiger partial charge in [0, 0.05) is 18.1 Å². The third kappa shape index (κ3) is 1.94. The van der Waals surface area contributed by atoms with Gasteiger partial charge in [-0.05, 0) is 19.8 Å². The lowest BCUT2D eigenvalue weighted by atomic mass is 9.87. The second-order valence-electron chi connectivity index (χ2n) is 3.18. The van der Waals surface area contributed by atoms with Crippen molar-refractivity contribution in [2.75, 3.05) is 6.61 Å². The van der Waals surface area contributed by atoms with Gasteiger partial charge >= 0.3 is 0 Å². The number of hydrogen-bond donors (Lipinski definition) is 3. The van der Waals surface area contributed by atoms with E-state index < -0.39 is 0 Å². The Balaban J connectivity index is 2.04. The molecule has 1 aliphatic rings. The van der Waals surface area contributed by atoms with E-state index in [0.29, 0.717) is 12.1 Å². The number of rotatable bonds is 3. The summed E-state index contributed by atoms with van der Waals surface area (Å²) >= 11 is 0. The molecule has 0 bridgehead atoms. The van der Waals surface area contributed by atoms with E-state index in [1.54, 1.807) is 0 Å².